The molecule has 13 nitrogen and oxygen atoms in total. The lowest BCUT2D eigenvalue weighted by Crippen LogP contribution is -2.09. The van der Waals surface area contributed by atoms with E-state index in [0.717, 1.165) is 12.2 Å². The molecule has 0 radical (unpaired) electrons. The van der Waals surface area contributed by atoms with Crippen LogP contribution in [0.15, 0.2) is 97.7 Å². The molecule has 0 saturated heterocycles. The highest BCUT2D eigenvalue weighted by Crippen LogP contribution is 2.30. The topological polar surface area (TPSA) is 146 Å². The smallest absolute Gasteiger partial charge is 0.341 e. The molecule has 0 saturated carbocycles. The van der Waals surface area contributed by atoms with Gasteiger partial charge >= 0.3 is 23.9 Å². The Labute approximate surface area is 313 Å². The van der Waals surface area contributed by atoms with Crippen LogP contribution in [0.25, 0.3) is 17.0 Å². The molecule has 13 heteroatoms. The normalized spacial score (nSPS) is 10.7. The second-order valence-electron chi connectivity index (χ2n) is 10.9. The standard InChI is InChI=1S/C41H41NO12/c1-6-38(43)51-24-10-8-22-49-34-19-12-29(27-36(34)47-4)14-21-40(45)53-31-15-17-32(18-16-31)54-41(46)33(42-3)26-30-13-20-35(37(28-30)48-5)50-23-9-11-25-52-39(44)7-2/h6-7,12-21,26-28H,1-2,8-11,22-25H2,4-5H3/b21-14+,33-26-. The Balaban J connectivity index is 1.50. The number of carbonyl (C=O) groups is 4. The molecular formula is C41H41NO12. The van der Waals surface area contributed by atoms with Gasteiger partial charge in [0.2, 0.25) is 0 Å². The molecule has 54 heavy (non-hydrogen) atoms. The van der Waals surface area contributed by atoms with Crippen molar-refractivity contribution in [3.63, 3.8) is 0 Å². The van der Waals surface area contributed by atoms with E-state index in [1.807, 2.05) is 0 Å². The molecule has 282 valence electrons. The zero-order chi connectivity index (χ0) is 39.1. The molecule has 0 aromatic heterocycles. The average Bonchev–Trinajstić information content (AvgIpc) is 3.19. The molecule has 0 unspecified atom stereocenters. The third kappa shape index (κ3) is 14.4. The number of benzene rings is 3. The fraction of sp³-hybridized carbons (Fsp3) is 0.244. The van der Waals surface area contributed by atoms with Crippen molar-refractivity contribution in [1.29, 1.82) is 0 Å². The lowest BCUT2D eigenvalue weighted by Gasteiger charge is -2.11. The summed E-state index contributed by atoms with van der Waals surface area (Å²) in [7, 11) is 2.98. The minimum absolute atomic E-state index is 0.135. The zero-order valence-electron chi connectivity index (χ0n) is 30.1. The maximum absolute atomic E-state index is 12.8. The first-order valence-corrected chi connectivity index (χ1v) is 16.7. The molecule has 0 atom stereocenters. The van der Waals surface area contributed by atoms with Crippen LogP contribution in [-0.2, 0) is 28.7 Å². The number of nitrogens with zero attached hydrogens (tertiary/aromatic N) is 1. The van der Waals surface area contributed by atoms with Crippen LogP contribution in [-0.4, -0.2) is 64.5 Å². The van der Waals surface area contributed by atoms with Crippen LogP contribution in [0.2, 0.25) is 0 Å². The third-order valence-corrected chi connectivity index (χ3v) is 7.09. The second-order valence-corrected chi connectivity index (χ2v) is 10.9. The third-order valence-electron chi connectivity index (χ3n) is 7.09. The van der Waals surface area contributed by atoms with Crippen LogP contribution in [0.5, 0.6) is 34.5 Å². The van der Waals surface area contributed by atoms with Gasteiger partial charge < -0.3 is 37.9 Å². The summed E-state index contributed by atoms with van der Waals surface area (Å²) >= 11 is 0. The Hall–Kier alpha value is -6.81. The largest absolute Gasteiger partial charge is 0.493 e. The predicted molar refractivity (Wildman–Crippen MR) is 199 cm³/mol. The minimum atomic E-state index is -0.882. The van der Waals surface area contributed by atoms with Gasteiger partial charge in [0.05, 0.1) is 47.2 Å². The fourth-order valence-electron chi connectivity index (χ4n) is 4.38. The molecule has 0 N–H and O–H groups in total. The van der Waals surface area contributed by atoms with Crippen LogP contribution >= 0.6 is 0 Å². The van der Waals surface area contributed by atoms with E-state index in [2.05, 4.69) is 18.0 Å². The summed E-state index contributed by atoms with van der Waals surface area (Å²) in [6.07, 6.45) is 8.93. The lowest BCUT2D eigenvalue weighted by molar-refractivity contribution is -0.138. The number of esters is 4. The maximum Gasteiger partial charge on any atom is 0.341 e. The maximum atomic E-state index is 12.8. The van der Waals surface area contributed by atoms with Crippen molar-refractivity contribution in [1.82, 2.24) is 0 Å². The molecule has 0 aliphatic carbocycles. The van der Waals surface area contributed by atoms with Crippen LogP contribution in [0.4, 0.5) is 0 Å². The zero-order valence-corrected chi connectivity index (χ0v) is 30.1. The lowest BCUT2D eigenvalue weighted by atomic mass is 10.1. The van der Waals surface area contributed by atoms with Crippen molar-refractivity contribution in [2.75, 3.05) is 40.6 Å². The molecule has 0 heterocycles. The van der Waals surface area contributed by atoms with Gasteiger partial charge in [-0.2, -0.15) is 0 Å². The molecule has 0 bridgehead atoms. The van der Waals surface area contributed by atoms with E-state index < -0.39 is 23.9 Å². The number of carbonyl (C=O) groups excluding carboxylic acids is 4. The van der Waals surface area contributed by atoms with Crippen molar-refractivity contribution in [2.24, 2.45) is 0 Å². The second kappa shape index (κ2) is 22.9. The highest BCUT2D eigenvalue weighted by molar-refractivity contribution is 5.97. The van der Waals surface area contributed by atoms with Crippen molar-refractivity contribution >= 4 is 36.0 Å². The van der Waals surface area contributed by atoms with Crippen molar-refractivity contribution in [2.45, 2.75) is 25.7 Å². The van der Waals surface area contributed by atoms with Gasteiger partial charge in [0.25, 0.3) is 5.70 Å². The Morgan fingerprint density at radius 3 is 1.61 bits per heavy atom. The number of hydrogen-bond acceptors (Lipinski definition) is 12. The number of ether oxygens (including phenoxy) is 8. The first kappa shape index (κ1) is 41.6. The minimum Gasteiger partial charge on any atom is -0.493 e. The van der Waals surface area contributed by atoms with E-state index in [0.29, 0.717) is 73.0 Å². The predicted octanol–water partition coefficient (Wildman–Crippen LogP) is 6.96. The Kier molecular flexibility index (Phi) is 17.6. The van der Waals surface area contributed by atoms with Gasteiger partial charge in [0.15, 0.2) is 23.0 Å². The summed E-state index contributed by atoms with van der Waals surface area (Å²) in [6.45, 7) is 15.5. The van der Waals surface area contributed by atoms with Gasteiger partial charge in [0.1, 0.15) is 11.5 Å². The highest BCUT2D eigenvalue weighted by atomic mass is 16.6. The Morgan fingerprint density at radius 2 is 1.11 bits per heavy atom. The van der Waals surface area contributed by atoms with E-state index in [9.17, 15) is 19.2 Å². The first-order chi connectivity index (χ1) is 26.2. The molecule has 0 amide bonds. The van der Waals surface area contributed by atoms with Crippen LogP contribution in [0.1, 0.15) is 36.8 Å². The van der Waals surface area contributed by atoms with Gasteiger partial charge in [-0.1, -0.05) is 25.3 Å². The van der Waals surface area contributed by atoms with E-state index in [-0.39, 0.29) is 30.4 Å². The van der Waals surface area contributed by atoms with E-state index in [4.69, 9.17) is 44.5 Å². The molecule has 0 aliphatic heterocycles. The molecule has 3 rings (SSSR count). The van der Waals surface area contributed by atoms with Gasteiger partial charge in [0, 0.05) is 18.2 Å². The summed E-state index contributed by atoms with van der Waals surface area (Å²) in [4.78, 5) is 50.8. The van der Waals surface area contributed by atoms with E-state index >= 15 is 0 Å². The molecule has 0 aliphatic rings. The van der Waals surface area contributed by atoms with Gasteiger partial charge in [-0.3, -0.25) is 4.79 Å². The Morgan fingerprint density at radius 1 is 0.630 bits per heavy atom. The average molecular weight is 740 g/mol. The first-order valence-electron chi connectivity index (χ1n) is 16.7. The fourth-order valence-corrected chi connectivity index (χ4v) is 4.38. The van der Waals surface area contributed by atoms with E-state index in [1.54, 1.807) is 42.5 Å². The molecule has 3 aromatic carbocycles. The molecule has 0 fully saturated rings. The quantitative estimate of drug-likeness (QED) is 0.0345. The molecule has 0 spiro atoms. The van der Waals surface area contributed by atoms with Crippen LogP contribution < -0.4 is 28.4 Å². The summed E-state index contributed by atoms with van der Waals surface area (Å²) in [5, 5.41) is 0. The Bertz CT molecular complexity index is 1870. The molecule has 3 aromatic rings. The summed E-state index contributed by atoms with van der Waals surface area (Å²) < 4.78 is 43.0. The number of unbranched alkanes of at least 4 members (excludes halogenated alkanes) is 2. The van der Waals surface area contributed by atoms with E-state index in [1.165, 1.54) is 50.6 Å². The summed E-state index contributed by atoms with van der Waals surface area (Å²) in [5.74, 6) is -0.260. The van der Waals surface area contributed by atoms with Crippen molar-refractivity contribution in [3.8, 4) is 34.5 Å². The van der Waals surface area contributed by atoms with Crippen LogP contribution in [0, 0.1) is 6.57 Å². The van der Waals surface area contributed by atoms with Crippen molar-refractivity contribution in [3.05, 3.63) is 120 Å². The summed E-state index contributed by atoms with van der Waals surface area (Å²) in [6, 6.07) is 15.9. The number of rotatable bonds is 22. The van der Waals surface area contributed by atoms with Gasteiger partial charge in [-0.25, -0.2) is 19.2 Å². The van der Waals surface area contributed by atoms with Gasteiger partial charge in [-0.05, 0) is 97.5 Å². The number of methoxy groups -OCH3 is 2. The van der Waals surface area contributed by atoms with Crippen LogP contribution in [0.3, 0.4) is 0 Å². The molecular weight excluding hydrogens is 698 g/mol. The van der Waals surface area contributed by atoms with Gasteiger partial charge in [-0.15, -0.1) is 0 Å². The highest BCUT2D eigenvalue weighted by Gasteiger charge is 2.15. The summed E-state index contributed by atoms with van der Waals surface area (Å²) in [5.41, 5.74) is 0.896. The van der Waals surface area contributed by atoms with Crippen molar-refractivity contribution < 1.29 is 57.1 Å². The monoisotopic (exact) mass is 739 g/mol. The number of hydrogen-bond donors (Lipinski definition) is 0. The SMILES string of the molecule is [C-]#[N+]/C(=C\c1ccc(OCCCCOC(=O)C=C)c(OC)c1)C(=O)Oc1ccc(OC(=O)/C=C/c2ccc(OCCCCOC(=O)C=C)c(OC)c2)cc1.